The van der Waals surface area contributed by atoms with Gasteiger partial charge in [-0.05, 0) is 71.3 Å². The number of rotatable bonds is 7. The second-order valence-corrected chi connectivity index (χ2v) is 11.1. The van der Waals surface area contributed by atoms with Gasteiger partial charge >= 0.3 is 0 Å². The Labute approximate surface area is 230 Å². The zero-order valence-electron chi connectivity index (χ0n) is 23.7. The highest BCUT2D eigenvalue weighted by atomic mass is 16.5. The molecule has 0 radical (unpaired) electrons. The molecule has 1 heterocycles. The Kier molecular flexibility index (Phi) is 7.86. The van der Waals surface area contributed by atoms with Crippen LogP contribution in [0.4, 0.5) is 5.69 Å². The van der Waals surface area contributed by atoms with Crippen molar-refractivity contribution in [1.82, 2.24) is 0 Å². The van der Waals surface area contributed by atoms with Gasteiger partial charge in [0, 0.05) is 5.69 Å². The minimum Gasteiger partial charge on any atom is -0.507 e. The van der Waals surface area contributed by atoms with Crippen LogP contribution in [0.15, 0.2) is 72.3 Å². The highest BCUT2D eigenvalue weighted by Crippen LogP contribution is 2.44. The number of carbonyl (C=O) groups excluding carboxylic acids is 2. The fraction of sp³-hybridized carbons (Fsp3) is 0.333. The van der Waals surface area contributed by atoms with Crippen molar-refractivity contribution < 1.29 is 24.2 Å². The van der Waals surface area contributed by atoms with Crippen LogP contribution >= 0.6 is 0 Å². The lowest BCUT2D eigenvalue weighted by molar-refractivity contribution is -0.132. The van der Waals surface area contributed by atoms with Crippen LogP contribution in [0.25, 0.3) is 5.76 Å². The number of carbonyl (C=O) groups is 2. The van der Waals surface area contributed by atoms with Crippen molar-refractivity contribution in [2.45, 2.75) is 58.9 Å². The number of amides is 1. The average molecular weight is 528 g/mol. The number of aliphatic hydroxyl groups excluding tert-OH is 1. The quantitative estimate of drug-likeness (QED) is 0.201. The fourth-order valence-corrected chi connectivity index (χ4v) is 4.88. The average Bonchev–Trinajstić information content (AvgIpc) is 3.18. The lowest BCUT2D eigenvalue weighted by atomic mass is 9.85. The molecular formula is C33H37NO5. The summed E-state index contributed by atoms with van der Waals surface area (Å²) in [5.41, 5.74) is 3.46. The zero-order chi connectivity index (χ0) is 28.5. The van der Waals surface area contributed by atoms with E-state index in [1.807, 2.05) is 67.6 Å². The third-order valence-corrected chi connectivity index (χ3v) is 7.09. The molecule has 39 heavy (non-hydrogen) atoms. The van der Waals surface area contributed by atoms with E-state index < -0.39 is 17.7 Å². The van der Waals surface area contributed by atoms with Gasteiger partial charge in [-0.15, -0.1) is 0 Å². The Balaban J connectivity index is 1.98. The van der Waals surface area contributed by atoms with Gasteiger partial charge < -0.3 is 14.6 Å². The van der Waals surface area contributed by atoms with Crippen molar-refractivity contribution in [3.8, 4) is 11.5 Å². The molecule has 1 unspecified atom stereocenters. The standard InChI is InChI=1S/C33H37NO5/c1-8-39-25-11-9-10-22(18-25)29-28(30(35)26-19-23(33(4,5)6)14-17-27(26)38-7)31(36)32(37)34(29)24-15-12-21(13-16-24)20(2)3/h9-20,29,35H,8H2,1-7H3/b30-28+. The summed E-state index contributed by atoms with van der Waals surface area (Å²) in [6.07, 6.45) is 0. The van der Waals surface area contributed by atoms with Crippen molar-refractivity contribution in [2.24, 2.45) is 0 Å². The molecule has 1 N–H and O–H groups in total. The molecular weight excluding hydrogens is 490 g/mol. The molecule has 0 aliphatic carbocycles. The Morgan fingerprint density at radius 1 is 1.00 bits per heavy atom. The second-order valence-electron chi connectivity index (χ2n) is 11.1. The number of hydrogen-bond donors (Lipinski definition) is 1. The van der Waals surface area contributed by atoms with Gasteiger partial charge in [0.05, 0.1) is 30.9 Å². The van der Waals surface area contributed by atoms with Gasteiger partial charge in [0.15, 0.2) is 0 Å². The highest BCUT2D eigenvalue weighted by Gasteiger charge is 2.47. The Morgan fingerprint density at radius 2 is 1.69 bits per heavy atom. The van der Waals surface area contributed by atoms with Crippen LogP contribution in [0.3, 0.4) is 0 Å². The third kappa shape index (κ3) is 5.42. The van der Waals surface area contributed by atoms with Crippen molar-refractivity contribution in [3.63, 3.8) is 0 Å². The molecule has 1 fully saturated rings. The predicted octanol–water partition coefficient (Wildman–Crippen LogP) is 7.14. The van der Waals surface area contributed by atoms with E-state index in [4.69, 9.17) is 9.47 Å². The molecule has 6 heteroatoms. The second kappa shape index (κ2) is 11.0. The summed E-state index contributed by atoms with van der Waals surface area (Å²) in [6, 6.07) is 19.6. The maximum atomic E-state index is 13.7. The van der Waals surface area contributed by atoms with E-state index in [0.717, 1.165) is 11.1 Å². The van der Waals surface area contributed by atoms with Crippen LogP contribution in [0.1, 0.15) is 75.8 Å². The SMILES string of the molecule is CCOc1cccc(C2/C(=C(\O)c3cc(C(C)(C)C)ccc3OC)C(=O)C(=O)N2c2ccc(C(C)C)cc2)c1. The summed E-state index contributed by atoms with van der Waals surface area (Å²) in [4.78, 5) is 28.7. The predicted molar refractivity (Wildman–Crippen MR) is 155 cm³/mol. The van der Waals surface area contributed by atoms with Crippen molar-refractivity contribution in [2.75, 3.05) is 18.6 Å². The topological polar surface area (TPSA) is 76.1 Å². The number of nitrogens with zero attached hydrogens (tertiary/aromatic N) is 1. The summed E-state index contributed by atoms with van der Waals surface area (Å²) < 4.78 is 11.3. The molecule has 3 aromatic carbocycles. The van der Waals surface area contributed by atoms with Crippen molar-refractivity contribution >= 4 is 23.1 Å². The maximum absolute atomic E-state index is 13.7. The minimum absolute atomic E-state index is 0.00550. The first kappa shape index (κ1) is 28.0. The first-order chi connectivity index (χ1) is 18.5. The number of anilines is 1. The van der Waals surface area contributed by atoms with E-state index >= 15 is 0 Å². The number of aliphatic hydroxyl groups is 1. The molecule has 3 aromatic rings. The van der Waals surface area contributed by atoms with Crippen LogP contribution in [0.2, 0.25) is 0 Å². The molecule has 1 atom stereocenters. The first-order valence-electron chi connectivity index (χ1n) is 13.3. The molecule has 0 spiro atoms. The lowest BCUT2D eigenvalue weighted by Gasteiger charge is -2.26. The van der Waals surface area contributed by atoms with E-state index in [2.05, 4.69) is 34.6 Å². The Morgan fingerprint density at radius 3 is 2.28 bits per heavy atom. The van der Waals surface area contributed by atoms with Crippen molar-refractivity contribution in [1.29, 1.82) is 0 Å². The first-order valence-corrected chi connectivity index (χ1v) is 13.3. The summed E-state index contributed by atoms with van der Waals surface area (Å²) in [5.74, 6) is -0.389. The third-order valence-electron chi connectivity index (χ3n) is 7.09. The van der Waals surface area contributed by atoms with Crippen LogP contribution in [0.5, 0.6) is 11.5 Å². The summed E-state index contributed by atoms with van der Waals surface area (Å²) in [5, 5.41) is 11.8. The normalized spacial score (nSPS) is 17.1. The fourth-order valence-electron chi connectivity index (χ4n) is 4.88. The number of ketones is 1. The van der Waals surface area contributed by atoms with Gasteiger partial charge in [-0.2, -0.15) is 0 Å². The van der Waals surface area contributed by atoms with Crippen LogP contribution in [-0.2, 0) is 15.0 Å². The zero-order valence-corrected chi connectivity index (χ0v) is 23.7. The lowest BCUT2D eigenvalue weighted by Crippen LogP contribution is -2.29. The number of methoxy groups -OCH3 is 1. The number of benzene rings is 3. The van der Waals surface area contributed by atoms with Crippen LogP contribution in [-0.4, -0.2) is 30.5 Å². The largest absolute Gasteiger partial charge is 0.507 e. The minimum atomic E-state index is -0.863. The smallest absolute Gasteiger partial charge is 0.300 e. The molecule has 1 aliphatic rings. The van der Waals surface area contributed by atoms with Gasteiger partial charge in [-0.25, -0.2) is 0 Å². The molecule has 6 nitrogen and oxygen atoms in total. The molecule has 1 aliphatic heterocycles. The van der Waals surface area contributed by atoms with Gasteiger partial charge in [0.25, 0.3) is 11.7 Å². The molecule has 1 amide bonds. The van der Waals surface area contributed by atoms with Crippen LogP contribution in [0, 0.1) is 0 Å². The van der Waals surface area contributed by atoms with Gasteiger partial charge in [-0.1, -0.05) is 65.0 Å². The molecule has 0 bridgehead atoms. The van der Waals surface area contributed by atoms with E-state index in [1.165, 1.54) is 12.0 Å². The Bertz CT molecular complexity index is 1410. The van der Waals surface area contributed by atoms with E-state index in [1.54, 1.807) is 6.07 Å². The number of ether oxygens (including phenoxy) is 2. The van der Waals surface area contributed by atoms with E-state index in [0.29, 0.717) is 40.8 Å². The summed E-state index contributed by atoms with van der Waals surface area (Å²) in [7, 11) is 1.51. The van der Waals surface area contributed by atoms with E-state index in [-0.39, 0.29) is 16.7 Å². The van der Waals surface area contributed by atoms with Crippen LogP contribution < -0.4 is 14.4 Å². The molecule has 0 aromatic heterocycles. The van der Waals surface area contributed by atoms with Gasteiger partial charge in [0.2, 0.25) is 0 Å². The monoisotopic (exact) mass is 527 g/mol. The van der Waals surface area contributed by atoms with Gasteiger partial charge in [0.1, 0.15) is 17.3 Å². The highest BCUT2D eigenvalue weighted by molar-refractivity contribution is 6.51. The number of hydrogen-bond acceptors (Lipinski definition) is 5. The summed E-state index contributed by atoms with van der Waals surface area (Å²) in [6.45, 7) is 12.8. The summed E-state index contributed by atoms with van der Waals surface area (Å²) >= 11 is 0. The number of Topliss-reactive ketones (excluding diaryl/α,β-unsaturated/α-hetero) is 1. The van der Waals surface area contributed by atoms with Gasteiger partial charge in [-0.3, -0.25) is 14.5 Å². The molecule has 0 saturated carbocycles. The van der Waals surface area contributed by atoms with E-state index in [9.17, 15) is 14.7 Å². The molecule has 204 valence electrons. The Hall–Kier alpha value is -4.06. The van der Waals surface area contributed by atoms with Crippen molar-refractivity contribution in [3.05, 3.63) is 94.6 Å². The maximum Gasteiger partial charge on any atom is 0.300 e. The molecule has 1 saturated heterocycles. The molecule has 4 rings (SSSR count).